The summed E-state index contributed by atoms with van der Waals surface area (Å²) in [5.41, 5.74) is 5.95. The minimum atomic E-state index is -0.974. The van der Waals surface area contributed by atoms with Crippen LogP contribution in [0.4, 0.5) is 17.6 Å². The van der Waals surface area contributed by atoms with Gasteiger partial charge in [0.2, 0.25) is 11.8 Å². The molecule has 0 aliphatic rings. The van der Waals surface area contributed by atoms with Crippen molar-refractivity contribution >= 4 is 34.0 Å². The SMILES string of the molecule is COCCn1c(Cc2cc(F)c(-c3cccc(OCc4ccc(-c5cn(C)nn5)nc4)n3)cc2F)nc2ccc(C(=O)OC(=O)c3ccc4nc(Cc5cc(F)c(-c6cccc(OCc7ccc(-c8cn(C)nn8)nc7)n6)cc5F)n(CCOC)c4c3)cc21. The molecule has 448 valence electrons. The molecule has 0 saturated carbocycles. The van der Waals surface area contributed by atoms with Gasteiger partial charge in [0.15, 0.2) is 0 Å². The van der Waals surface area contributed by atoms with Gasteiger partial charge < -0.3 is 32.8 Å². The summed E-state index contributed by atoms with van der Waals surface area (Å²) in [6.07, 6.45) is 6.51. The molecule has 8 heterocycles. The molecule has 0 aliphatic heterocycles. The minimum absolute atomic E-state index is 0.00488. The van der Waals surface area contributed by atoms with E-state index >= 15 is 17.6 Å². The highest BCUT2D eigenvalue weighted by Crippen LogP contribution is 2.32. The fourth-order valence-corrected chi connectivity index (χ4v) is 9.97. The van der Waals surface area contributed by atoms with Crippen molar-refractivity contribution in [2.24, 2.45) is 14.1 Å². The summed E-state index contributed by atoms with van der Waals surface area (Å²) in [6, 6.07) is 30.2. The van der Waals surface area contributed by atoms with Gasteiger partial charge in [-0.2, -0.15) is 0 Å². The smallest absolute Gasteiger partial charge is 0.346 e. The van der Waals surface area contributed by atoms with Crippen molar-refractivity contribution in [2.75, 3.05) is 27.4 Å². The highest BCUT2D eigenvalue weighted by molar-refractivity contribution is 6.05. The molecular weight excluding hydrogens is 1150 g/mol. The third-order valence-corrected chi connectivity index (χ3v) is 14.5. The molecule has 0 spiro atoms. The zero-order valence-corrected chi connectivity index (χ0v) is 48.1. The zero-order valence-electron chi connectivity index (χ0n) is 48.1. The van der Waals surface area contributed by atoms with Gasteiger partial charge in [-0.15, -0.1) is 10.2 Å². The molecule has 0 atom stereocenters. The number of ether oxygens (including phenoxy) is 5. The maximum absolute atomic E-state index is 16.1. The van der Waals surface area contributed by atoms with Crippen LogP contribution in [0.1, 0.15) is 54.6 Å². The van der Waals surface area contributed by atoms with E-state index in [1.54, 1.807) is 118 Å². The second kappa shape index (κ2) is 25.6. The first kappa shape index (κ1) is 58.5. The molecule has 25 heteroatoms. The fourth-order valence-electron chi connectivity index (χ4n) is 9.97. The van der Waals surface area contributed by atoms with Gasteiger partial charge in [-0.1, -0.05) is 34.7 Å². The number of halogens is 4. The largest absolute Gasteiger partial charge is 0.473 e. The van der Waals surface area contributed by atoms with Crippen LogP contribution in [0.15, 0.2) is 146 Å². The van der Waals surface area contributed by atoms with E-state index < -0.39 is 35.2 Å². The molecule has 0 bridgehead atoms. The Balaban J connectivity index is 0.715. The Bertz CT molecular complexity index is 4320. The molecule has 0 fully saturated rings. The number of hydrogen-bond donors (Lipinski definition) is 0. The Labute approximate surface area is 504 Å². The van der Waals surface area contributed by atoms with E-state index in [0.717, 1.165) is 35.4 Å². The molecule has 12 rings (SSSR count). The molecule has 0 aliphatic carbocycles. The first-order valence-corrected chi connectivity index (χ1v) is 27.8. The number of carbonyl (C=O) groups is 2. The Morgan fingerprint density at radius 3 is 1.33 bits per heavy atom. The number of fused-ring (bicyclic) bond motifs is 2. The molecule has 0 amide bonds. The number of methoxy groups -OCH3 is 2. The summed E-state index contributed by atoms with van der Waals surface area (Å²) in [4.78, 5) is 54.8. The van der Waals surface area contributed by atoms with E-state index in [2.05, 4.69) is 40.6 Å². The molecule has 21 nitrogen and oxygen atoms in total. The summed E-state index contributed by atoms with van der Waals surface area (Å²) in [5, 5.41) is 16.0. The van der Waals surface area contributed by atoms with Gasteiger partial charge in [-0.3, -0.25) is 19.3 Å². The van der Waals surface area contributed by atoms with Gasteiger partial charge in [0.1, 0.15) is 59.5 Å². The van der Waals surface area contributed by atoms with Crippen LogP contribution in [-0.4, -0.2) is 108 Å². The maximum atomic E-state index is 16.1. The number of carbonyl (C=O) groups excluding carboxylic acids is 2. The average molecular weight is 1210 g/mol. The summed E-state index contributed by atoms with van der Waals surface area (Å²) in [7, 11) is 6.55. The van der Waals surface area contributed by atoms with E-state index in [-0.39, 0.29) is 109 Å². The van der Waals surface area contributed by atoms with Crippen molar-refractivity contribution in [3.05, 3.63) is 214 Å². The number of nitrogens with zero attached hydrogens (tertiary/aromatic N) is 14. The average Bonchev–Trinajstić information content (AvgIpc) is 2.48. The Morgan fingerprint density at radius 2 is 0.933 bits per heavy atom. The second-order valence-electron chi connectivity index (χ2n) is 20.6. The lowest BCUT2D eigenvalue weighted by Gasteiger charge is -2.12. The molecule has 8 aromatic heterocycles. The van der Waals surface area contributed by atoms with Gasteiger partial charge in [-0.05, 0) is 96.1 Å². The first-order chi connectivity index (χ1) is 43.2. The predicted molar refractivity (Wildman–Crippen MR) is 315 cm³/mol. The maximum Gasteiger partial charge on any atom is 0.346 e. The Kier molecular flexibility index (Phi) is 16.8. The molecule has 89 heavy (non-hydrogen) atoms. The summed E-state index contributed by atoms with van der Waals surface area (Å²) in [5.74, 6) is -3.75. The number of pyridine rings is 4. The molecule has 0 N–H and O–H groups in total. The normalized spacial score (nSPS) is 11.5. The van der Waals surface area contributed by atoms with Crippen molar-refractivity contribution in [3.63, 3.8) is 0 Å². The topological polar surface area (TPSA) is 229 Å². The van der Waals surface area contributed by atoms with Crippen molar-refractivity contribution in [3.8, 4) is 57.1 Å². The van der Waals surface area contributed by atoms with E-state index in [1.807, 2.05) is 12.1 Å². The van der Waals surface area contributed by atoms with Crippen molar-refractivity contribution in [1.82, 2.24) is 69.0 Å². The van der Waals surface area contributed by atoms with Crippen LogP contribution in [0.5, 0.6) is 11.8 Å². The summed E-state index contributed by atoms with van der Waals surface area (Å²) >= 11 is 0. The second-order valence-corrected chi connectivity index (χ2v) is 20.6. The molecule has 0 radical (unpaired) electrons. The van der Waals surface area contributed by atoms with Gasteiger partial charge in [0.05, 0.1) is 81.6 Å². The number of aryl methyl sites for hydroxylation is 2. The highest BCUT2D eigenvalue weighted by Gasteiger charge is 2.24. The van der Waals surface area contributed by atoms with Crippen LogP contribution in [0.3, 0.4) is 0 Å². The summed E-state index contributed by atoms with van der Waals surface area (Å²) in [6.45, 7) is 1.07. The van der Waals surface area contributed by atoms with Crippen LogP contribution in [-0.2, 0) is 67.5 Å². The number of esters is 2. The molecule has 4 aromatic carbocycles. The Morgan fingerprint density at radius 1 is 0.483 bits per heavy atom. The number of aromatic nitrogens is 14. The van der Waals surface area contributed by atoms with Crippen molar-refractivity contribution < 1.29 is 50.8 Å². The third-order valence-electron chi connectivity index (χ3n) is 14.5. The molecular formula is C64H52F4N14O7. The number of benzene rings is 4. The van der Waals surface area contributed by atoms with E-state index in [4.69, 9.17) is 33.7 Å². The van der Waals surface area contributed by atoms with Crippen LogP contribution >= 0.6 is 0 Å². The standard InChI is InChI=1S/C64H52F4N14O7/c1-79-33-55(75-77-79)51-15-11-37(31-69-51)35-87-61-9-5-7-49(73-61)43-29-45(65)41(23-47(43)67)27-59-71-53-17-13-39(25-57(53)81(59)19-21-85-3)63(83)89-64(84)40-14-18-54-58(26-40)82(20-22-86-4)60(72-54)28-42-24-48(68)44(30-46(42)66)50-8-6-10-62(74-50)88-36-38-12-16-52(70-32-38)56-34-80(2)78-76-56/h5-18,23-26,29-34H,19-22,27-28,35-36H2,1-4H3. The van der Waals surface area contributed by atoms with Gasteiger partial charge in [0, 0.05) is 101 Å². The Hall–Kier alpha value is -10.9. The lowest BCUT2D eigenvalue weighted by atomic mass is 10.0. The van der Waals surface area contributed by atoms with Crippen molar-refractivity contribution in [2.45, 2.75) is 39.1 Å². The highest BCUT2D eigenvalue weighted by atomic mass is 19.1. The third kappa shape index (κ3) is 13.0. The van der Waals surface area contributed by atoms with E-state index in [0.29, 0.717) is 56.5 Å². The van der Waals surface area contributed by atoms with Crippen LogP contribution < -0.4 is 9.47 Å². The molecule has 0 unspecified atom stereocenters. The number of imidazole rings is 2. The number of rotatable bonds is 22. The quantitative estimate of drug-likeness (QED) is 0.0349. The van der Waals surface area contributed by atoms with Crippen LogP contribution in [0.25, 0.3) is 67.4 Å². The predicted octanol–water partition coefficient (Wildman–Crippen LogP) is 10.1. The van der Waals surface area contributed by atoms with Crippen molar-refractivity contribution in [1.29, 1.82) is 0 Å². The van der Waals surface area contributed by atoms with Crippen LogP contribution in [0.2, 0.25) is 0 Å². The minimum Gasteiger partial charge on any atom is -0.473 e. The zero-order chi connectivity index (χ0) is 61.7. The lowest BCUT2D eigenvalue weighted by molar-refractivity contribution is 0.0397. The lowest BCUT2D eigenvalue weighted by Crippen LogP contribution is -2.14. The van der Waals surface area contributed by atoms with E-state index in [1.165, 1.54) is 38.5 Å². The van der Waals surface area contributed by atoms with E-state index in [9.17, 15) is 9.59 Å². The molecule has 0 saturated heterocycles. The monoisotopic (exact) mass is 1200 g/mol. The van der Waals surface area contributed by atoms with Crippen LogP contribution in [0, 0.1) is 23.3 Å². The summed E-state index contributed by atoms with van der Waals surface area (Å²) < 4.78 is 98.8. The number of hydrogen-bond acceptors (Lipinski definition) is 17. The van der Waals surface area contributed by atoms with Gasteiger partial charge >= 0.3 is 11.9 Å². The molecule has 12 aromatic rings. The van der Waals surface area contributed by atoms with Gasteiger partial charge in [0.25, 0.3) is 0 Å². The first-order valence-electron chi connectivity index (χ1n) is 27.8. The fraction of sp³-hybridized carbons (Fsp3) is 0.188. The van der Waals surface area contributed by atoms with Gasteiger partial charge in [-0.25, -0.2) is 47.1 Å².